The Hall–Kier alpha value is -3.05. The number of halogens is 3. The van der Waals surface area contributed by atoms with Crippen LogP contribution in [0.5, 0.6) is 0 Å². The SMILES string of the molecule is N#CC(C#N)=Cc1ccccc1-c1ccccc1C(F)(F)F. The average molecular weight is 298 g/mol. The van der Waals surface area contributed by atoms with E-state index in [2.05, 4.69) is 0 Å². The van der Waals surface area contributed by atoms with Crippen molar-refractivity contribution in [1.82, 2.24) is 0 Å². The largest absolute Gasteiger partial charge is 0.417 e. The predicted molar refractivity (Wildman–Crippen MR) is 76.1 cm³/mol. The number of nitrogens with zero attached hydrogens (tertiary/aromatic N) is 2. The Morgan fingerprint density at radius 3 is 2.00 bits per heavy atom. The number of hydrogen-bond donors (Lipinski definition) is 0. The Balaban J connectivity index is 2.70. The van der Waals surface area contributed by atoms with Crippen molar-refractivity contribution in [2.24, 2.45) is 0 Å². The van der Waals surface area contributed by atoms with E-state index in [-0.39, 0.29) is 11.1 Å². The first kappa shape index (κ1) is 15.3. The lowest BCUT2D eigenvalue weighted by Gasteiger charge is -2.14. The summed E-state index contributed by atoms with van der Waals surface area (Å²) in [6, 6.07) is 15.0. The molecule has 0 heterocycles. The van der Waals surface area contributed by atoms with Crippen LogP contribution in [0.2, 0.25) is 0 Å². The van der Waals surface area contributed by atoms with Gasteiger partial charge in [0.25, 0.3) is 0 Å². The molecular formula is C17H9F3N2. The van der Waals surface area contributed by atoms with E-state index in [1.54, 1.807) is 30.3 Å². The van der Waals surface area contributed by atoms with Crippen LogP contribution in [-0.2, 0) is 6.18 Å². The molecule has 0 amide bonds. The summed E-state index contributed by atoms with van der Waals surface area (Å²) in [5.74, 6) is 0. The molecule has 0 N–H and O–H groups in total. The molecule has 0 aliphatic carbocycles. The molecular weight excluding hydrogens is 289 g/mol. The number of benzene rings is 2. The Bertz CT molecular complexity index is 790. The standard InChI is InChI=1S/C17H9F3N2/c18-17(19,20)16-8-4-3-7-15(16)14-6-2-1-5-13(14)9-12(10-21)11-22/h1-9H. The molecule has 0 atom stereocenters. The summed E-state index contributed by atoms with van der Waals surface area (Å²) in [5, 5.41) is 17.6. The zero-order chi connectivity index (χ0) is 16.2. The molecule has 0 aliphatic rings. The highest BCUT2D eigenvalue weighted by Crippen LogP contribution is 2.38. The molecule has 0 aromatic heterocycles. The third-order valence-corrected chi connectivity index (χ3v) is 3.02. The van der Waals surface area contributed by atoms with E-state index >= 15 is 0 Å². The molecule has 0 saturated carbocycles. The highest BCUT2D eigenvalue weighted by atomic mass is 19.4. The Morgan fingerprint density at radius 1 is 0.864 bits per heavy atom. The molecule has 0 radical (unpaired) electrons. The highest BCUT2D eigenvalue weighted by Gasteiger charge is 2.33. The van der Waals surface area contributed by atoms with E-state index in [4.69, 9.17) is 10.5 Å². The number of alkyl halides is 3. The molecule has 0 bridgehead atoms. The number of rotatable bonds is 2. The molecule has 2 nitrogen and oxygen atoms in total. The quantitative estimate of drug-likeness (QED) is 0.747. The third-order valence-electron chi connectivity index (χ3n) is 3.02. The number of nitriles is 2. The first-order chi connectivity index (χ1) is 10.5. The first-order valence-corrected chi connectivity index (χ1v) is 6.25. The summed E-state index contributed by atoms with van der Waals surface area (Å²) >= 11 is 0. The van der Waals surface area contributed by atoms with Gasteiger partial charge >= 0.3 is 6.18 Å². The van der Waals surface area contributed by atoms with Gasteiger partial charge in [0.2, 0.25) is 0 Å². The van der Waals surface area contributed by atoms with Gasteiger partial charge in [-0.05, 0) is 28.8 Å². The van der Waals surface area contributed by atoms with Gasteiger partial charge < -0.3 is 0 Å². The molecule has 0 fully saturated rings. The van der Waals surface area contributed by atoms with Gasteiger partial charge in [-0.25, -0.2) is 0 Å². The van der Waals surface area contributed by atoms with E-state index in [0.717, 1.165) is 6.07 Å². The molecule has 0 saturated heterocycles. The molecule has 0 spiro atoms. The van der Waals surface area contributed by atoms with E-state index in [0.29, 0.717) is 11.1 Å². The minimum Gasteiger partial charge on any atom is -0.192 e. The molecule has 22 heavy (non-hydrogen) atoms. The van der Waals surface area contributed by atoms with Crippen LogP contribution in [0.15, 0.2) is 54.1 Å². The van der Waals surface area contributed by atoms with Crippen molar-refractivity contribution in [2.45, 2.75) is 6.18 Å². The second-order valence-corrected chi connectivity index (χ2v) is 4.41. The second kappa shape index (κ2) is 6.15. The molecule has 2 aromatic carbocycles. The van der Waals surface area contributed by atoms with Gasteiger partial charge in [-0.3, -0.25) is 0 Å². The van der Waals surface area contributed by atoms with Gasteiger partial charge in [0.15, 0.2) is 0 Å². The van der Waals surface area contributed by atoms with Crippen molar-refractivity contribution < 1.29 is 13.2 Å². The minimum atomic E-state index is -4.49. The van der Waals surface area contributed by atoms with E-state index in [9.17, 15) is 13.2 Å². The molecule has 5 heteroatoms. The molecule has 2 rings (SSSR count). The van der Waals surface area contributed by atoms with Gasteiger partial charge in [0.1, 0.15) is 17.7 Å². The van der Waals surface area contributed by atoms with Crippen molar-refractivity contribution in [3.63, 3.8) is 0 Å². The van der Waals surface area contributed by atoms with Crippen molar-refractivity contribution in [3.05, 3.63) is 65.2 Å². The lowest BCUT2D eigenvalue weighted by Crippen LogP contribution is -2.07. The number of hydrogen-bond acceptors (Lipinski definition) is 2. The Labute approximate surface area is 125 Å². The van der Waals surface area contributed by atoms with Gasteiger partial charge in [-0.2, -0.15) is 23.7 Å². The van der Waals surface area contributed by atoms with E-state index in [1.165, 1.54) is 30.3 Å². The minimum absolute atomic E-state index is 0.0112. The topological polar surface area (TPSA) is 47.6 Å². The van der Waals surface area contributed by atoms with Crippen molar-refractivity contribution in [2.75, 3.05) is 0 Å². The van der Waals surface area contributed by atoms with Crippen molar-refractivity contribution in [3.8, 4) is 23.3 Å². The van der Waals surface area contributed by atoms with Crippen LogP contribution in [0.3, 0.4) is 0 Å². The zero-order valence-electron chi connectivity index (χ0n) is 11.2. The molecule has 0 aliphatic heterocycles. The maximum absolute atomic E-state index is 13.1. The Kier molecular flexibility index (Phi) is 4.29. The summed E-state index contributed by atoms with van der Waals surface area (Å²) in [5.41, 5.74) is -0.212. The lowest BCUT2D eigenvalue weighted by molar-refractivity contribution is -0.137. The normalized spacial score (nSPS) is 10.4. The summed E-state index contributed by atoms with van der Waals surface area (Å²) < 4.78 is 39.4. The van der Waals surface area contributed by atoms with Crippen LogP contribution in [-0.4, -0.2) is 0 Å². The maximum Gasteiger partial charge on any atom is 0.417 e. The summed E-state index contributed by atoms with van der Waals surface area (Å²) in [6.07, 6.45) is -3.21. The van der Waals surface area contributed by atoms with Crippen LogP contribution in [0, 0.1) is 22.7 Å². The summed E-state index contributed by atoms with van der Waals surface area (Å²) in [7, 11) is 0. The second-order valence-electron chi connectivity index (χ2n) is 4.41. The summed E-state index contributed by atoms with van der Waals surface area (Å²) in [6.45, 7) is 0. The van der Waals surface area contributed by atoms with E-state index in [1.807, 2.05) is 0 Å². The molecule has 2 aromatic rings. The van der Waals surface area contributed by atoms with Crippen LogP contribution in [0.4, 0.5) is 13.2 Å². The van der Waals surface area contributed by atoms with Crippen LogP contribution in [0.1, 0.15) is 11.1 Å². The van der Waals surface area contributed by atoms with Crippen LogP contribution in [0.25, 0.3) is 17.2 Å². The number of allylic oxidation sites excluding steroid dienone is 1. The lowest BCUT2D eigenvalue weighted by atomic mass is 9.94. The molecule has 0 unspecified atom stereocenters. The van der Waals surface area contributed by atoms with Gasteiger partial charge in [-0.1, -0.05) is 42.5 Å². The average Bonchev–Trinajstić information content (AvgIpc) is 2.52. The van der Waals surface area contributed by atoms with Crippen molar-refractivity contribution >= 4 is 6.08 Å². The highest BCUT2D eigenvalue weighted by molar-refractivity contribution is 5.80. The van der Waals surface area contributed by atoms with Crippen molar-refractivity contribution in [1.29, 1.82) is 10.5 Å². The predicted octanol–water partition coefficient (Wildman–Crippen LogP) is 4.80. The van der Waals surface area contributed by atoms with Crippen LogP contribution >= 0.6 is 0 Å². The monoisotopic (exact) mass is 298 g/mol. The fourth-order valence-electron chi connectivity index (χ4n) is 2.08. The van der Waals surface area contributed by atoms with E-state index < -0.39 is 11.7 Å². The molecule has 108 valence electrons. The van der Waals surface area contributed by atoms with Gasteiger partial charge in [0, 0.05) is 0 Å². The van der Waals surface area contributed by atoms with Gasteiger partial charge in [0.05, 0.1) is 5.56 Å². The first-order valence-electron chi connectivity index (χ1n) is 6.25. The third kappa shape index (κ3) is 3.16. The zero-order valence-corrected chi connectivity index (χ0v) is 11.2. The Morgan fingerprint density at radius 2 is 1.41 bits per heavy atom. The maximum atomic E-state index is 13.1. The smallest absolute Gasteiger partial charge is 0.192 e. The van der Waals surface area contributed by atoms with Gasteiger partial charge in [-0.15, -0.1) is 0 Å². The van der Waals surface area contributed by atoms with Crippen LogP contribution < -0.4 is 0 Å². The summed E-state index contributed by atoms with van der Waals surface area (Å²) in [4.78, 5) is 0. The fraction of sp³-hybridized carbons (Fsp3) is 0.0588. The fourth-order valence-corrected chi connectivity index (χ4v) is 2.08.